The van der Waals surface area contributed by atoms with Gasteiger partial charge in [0.05, 0.1) is 20.3 Å². The Labute approximate surface area is 92.8 Å². The third-order valence-electron chi connectivity index (χ3n) is 1.61. The molecule has 0 aliphatic heterocycles. The van der Waals surface area contributed by atoms with Crippen LogP contribution in [-0.2, 0) is 0 Å². The number of rotatable bonds is 6. The summed E-state index contributed by atoms with van der Waals surface area (Å²) in [5, 5.41) is 9.24. The molecule has 84 valence electrons. The Bertz CT molecular complexity index is 287. The van der Waals surface area contributed by atoms with E-state index in [0.717, 1.165) is 5.75 Å². The molecule has 0 bridgehead atoms. The molecular formula is C9H14N2O3S. The summed E-state index contributed by atoms with van der Waals surface area (Å²) < 4.78 is 10.0. The van der Waals surface area contributed by atoms with Gasteiger partial charge in [-0.2, -0.15) is 9.97 Å². The third-order valence-corrected chi connectivity index (χ3v) is 2.54. The van der Waals surface area contributed by atoms with Gasteiger partial charge in [-0.1, -0.05) is 11.8 Å². The van der Waals surface area contributed by atoms with Gasteiger partial charge in [0.1, 0.15) is 0 Å². The van der Waals surface area contributed by atoms with E-state index in [0.29, 0.717) is 23.3 Å². The van der Waals surface area contributed by atoms with Crippen molar-refractivity contribution in [1.82, 2.24) is 9.97 Å². The van der Waals surface area contributed by atoms with E-state index < -0.39 is 0 Å². The van der Waals surface area contributed by atoms with E-state index in [4.69, 9.17) is 14.6 Å². The van der Waals surface area contributed by atoms with Gasteiger partial charge >= 0.3 is 0 Å². The molecule has 0 aliphatic rings. The van der Waals surface area contributed by atoms with Crippen LogP contribution in [0.15, 0.2) is 11.2 Å². The molecule has 1 heterocycles. The average molecular weight is 230 g/mol. The second kappa shape index (κ2) is 6.47. The van der Waals surface area contributed by atoms with Crippen LogP contribution >= 0.6 is 11.8 Å². The van der Waals surface area contributed by atoms with Crippen LogP contribution in [0.3, 0.4) is 0 Å². The highest BCUT2D eigenvalue weighted by Gasteiger charge is 2.05. The molecular weight excluding hydrogens is 216 g/mol. The molecule has 0 amide bonds. The summed E-state index contributed by atoms with van der Waals surface area (Å²) in [4.78, 5) is 8.28. The largest absolute Gasteiger partial charge is 0.481 e. The number of thioether (sulfide) groups is 1. The molecule has 0 atom stereocenters. The Balaban J connectivity index is 2.68. The molecule has 0 unspecified atom stereocenters. The van der Waals surface area contributed by atoms with Crippen LogP contribution in [0, 0.1) is 0 Å². The van der Waals surface area contributed by atoms with Gasteiger partial charge in [-0.15, -0.1) is 0 Å². The van der Waals surface area contributed by atoms with Crippen LogP contribution in [0.4, 0.5) is 0 Å². The van der Waals surface area contributed by atoms with E-state index in [1.165, 1.54) is 11.8 Å². The highest BCUT2D eigenvalue weighted by atomic mass is 32.2. The molecule has 0 aliphatic carbocycles. The fourth-order valence-corrected chi connectivity index (χ4v) is 1.65. The van der Waals surface area contributed by atoms with Gasteiger partial charge in [0, 0.05) is 12.4 Å². The number of aliphatic hydroxyl groups is 1. The fraction of sp³-hybridized carbons (Fsp3) is 0.556. The Hall–Kier alpha value is -1.01. The summed E-state index contributed by atoms with van der Waals surface area (Å²) in [6, 6.07) is 1.62. The average Bonchev–Trinajstić information content (AvgIpc) is 2.29. The van der Waals surface area contributed by atoms with Crippen LogP contribution in [0.1, 0.15) is 6.42 Å². The van der Waals surface area contributed by atoms with Crippen LogP contribution in [-0.4, -0.2) is 41.7 Å². The minimum Gasteiger partial charge on any atom is -0.481 e. The lowest BCUT2D eigenvalue weighted by molar-refractivity contribution is 0.296. The highest BCUT2D eigenvalue weighted by molar-refractivity contribution is 7.99. The Kier molecular flexibility index (Phi) is 5.20. The maximum atomic E-state index is 8.64. The predicted octanol–water partition coefficient (Wildman–Crippen LogP) is 0.968. The normalized spacial score (nSPS) is 10.1. The van der Waals surface area contributed by atoms with Crippen molar-refractivity contribution in [2.24, 2.45) is 0 Å². The van der Waals surface area contributed by atoms with Crippen molar-refractivity contribution in [3.8, 4) is 11.8 Å². The Morgan fingerprint density at radius 3 is 2.33 bits per heavy atom. The lowest BCUT2D eigenvalue weighted by Gasteiger charge is -2.05. The molecule has 0 radical (unpaired) electrons. The van der Waals surface area contributed by atoms with Gasteiger partial charge in [-0.3, -0.25) is 0 Å². The first-order valence-electron chi connectivity index (χ1n) is 4.51. The first-order valence-corrected chi connectivity index (χ1v) is 5.49. The number of hydrogen-bond donors (Lipinski definition) is 1. The summed E-state index contributed by atoms with van der Waals surface area (Å²) in [6.45, 7) is 0.175. The van der Waals surface area contributed by atoms with Crippen molar-refractivity contribution in [3.05, 3.63) is 6.07 Å². The number of nitrogens with zero attached hydrogens (tertiary/aromatic N) is 2. The van der Waals surface area contributed by atoms with E-state index in [1.807, 2.05) is 0 Å². The smallest absolute Gasteiger partial charge is 0.220 e. The van der Waals surface area contributed by atoms with Crippen LogP contribution in [0.2, 0.25) is 0 Å². The minimum absolute atomic E-state index is 0.175. The van der Waals surface area contributed by atoms with Gasteiger partial charge < -0.3 is 14.6 Å². The van der Waals surface area contributed by atoms with E-state index >= 15 is 0 Å². The first kappa shape index (κ1) is 12.1. The second-order valence-electron chi connectivity index (χ2n) is 2.66. The number of aromatic nitrogens is 2. The lowest BCUT2D eigenvalue weighted by atomic mass is 10.5. The van der Waals surface area contributed by atoms with Crippen molar-refractivity contribution in [1.29, 1.82) is 0 Å². The molecule has 0 aromatic carbocycles. The number of hydrogen-bond acceptors (Lipinski definition) is 6. The zero-order valence-corrected chi connectivity index (χ0v) is 9.58. The monoisotopic (exact) mass is 230 g/mol. The molecule has 5 nitrogen and oxygen atoms in total. The van der Waals surface area contributed by atoms with Crippen molar-refractivity contribution in [2.75, 3.05) is 26.6 Å². The molecule has 15 heavy (non-hydrogen) atoms. The zero-order chi connectivity index (χ0) is 11.1. The quantitative estimate of drug-likeness (QED) is 0.446. The number of ether oxygens (including phenoxy) is 2. The highest BCUT2D eigenvalue weighted by Crippen LogP contribution is 2.21. The summed E-state index contributed by atoms with van der Waals surface area (Å²) in [5.74, 6) is 1.73. The molecule has 1 N–H and O–H groups in total. The maximum absolute atomic E-state index is 8.64. The molecule has 0 fully saturated rings. The molecule has 1 aromatic rings. The topological polar surface area (TPSA) is 64.5 Å². The van der Waals surface area contributed by atoms with Gasteiger partial charge in [0.15, 0.2) is 5.16 Å². The van der Waals surface area contributed by atoms with Crippen molar-refractivity contribution in [3.63, 3.8) is 0 Å². The standard InChI is InChI=1S/C9H14N2O3S/c1-13-7-6-8(14-2)11-9(10-7)15-5-3-4-12/h6,12H,3-5H2,1-2H3. The minimum atomic E-state index is 0.175. The SMILES string of the molecule is COc1cc(OC)nc(SCCCO)n1. The van der Waals surface area contributed by atoms with E-state index in [9.17, 15) is 0 Å². The fourth-order valence-electron chi connectivity index (χ4n) is 0.885. The van der Waals surface area contributed by atoms with E-state index in [-0.39, 0.29) is 6.61 Å². The van der Waals surface area contributed by atoms with Crippen LogP contribution in [0.5, 0.6) is 11.8 Å². The van der Waals surface area contributed by atoms with Crippen molar-refractivity contribution < 1.29 is 14.6 Å². The second-order valence-corrected chi connectivity index (χ2v) is 3.72. The van der Waals surface area contributed by atoms with Gasteiger partial charge in [0.25, 0.3) is 0 Å². The molecule has 0 spiro atoms. The predicted molar refractivity (Wildman–Crippen MR) is 57.6 cm³/mol. The molecule has 0 saturated carbocycles. The summed E-state index contributed by atoms with van der Waals surface area (Å²) in [6.07, 6.45) is 0.716. The van der Waals surface area contributed by atoms with Crippen LogP contribution in [0.25, 0.3) is 0 Å². The van der Waals surface area contributed by atoms with E-state index in [2.05, 4.69) is 9.97 Å². The van der Waals surface area contributed by atoms with Gasteiger partial charge in [-0.05, 0) is 6.42 Å². The zero-order valence-electron chi connectivity index (χ0n) is 8.77. The Morgan fingerprint density at radius 2 is 1.87 bits per heavy atom. The van der Waals surface area contributed by atoms with Crippen LogP contribution < -0.4 is 9.47 Å². The molecule has 1 rings (SSSR count). The van der Waals surface area contributed by atoms with Gasteiger partial charge in [-0.25, -0.2) is 0 Å². The molecule has 0 saturated heterocycles. The number of methoxy groups -OCH3 is 2. The van der Waals surface area contributed by atoms with E-state index in [1.54, 1.807) is 20.3 Å². The third kappa shape index (κ3) is 3.93. The lowest BCUT2D eigenvalue weighted by Crippen LogP contribution is -1.97. The summed E-state index contributed by atoms with van der Waals surface area (Å²) in [7, 11) is 3.09. The number of aliphatic hydroxyl groups excluding tert-OH is 1. The molecule has 1 aromatic heterocycles. The molecule has 6 heteroatoms. The van der Waals surface area contributed by atoms with Crippen molar-refractivity contribution >= 4 is 11.8 Å². The van der Waals surface area contributed by atoms with Gasteiger partial charge in [0.2, 0.25) is 11.8 Å². The summed E-state index contributed by atoms with van der Waals surface area (Å²) >= 11 is 1.46. The van der Waals surface area contributed by atoms with Crippen molar-refractivity contribution in [2.45, 2.75) is 11.6 Å². The maximum Gasteiger partial charge on any atom is 0.220 e. The summed E-state index contributed by atoms with van der Waals surface area (Å²) in [5.41, 5.74) is 0. The Morgan fingerprint density at radius 1 is 1.27 bits per heavy atom. The first-order chi connectivity index (χ1) is 7.30.